The van der Waals surface area contributed by atoms with Crippen molar-refractivity contribution in [2.75, 3.05) is 5.73 Å². The maximum atomic E-state index is 6.13. The topological polar surface area (TPSA) is 43.8 Å². The smallest absolute Gasteiger partial charge is 0.131 e. The van der Waals surface area contributed by atoms with Crippen molar-refractivity contribution in [3.05, 3.63) is 33.5 Å². The Hall–Kier alpha value is -1.00. The molecule has 2 rings (SSSR count). The van der Waals surface area contributed by atoms with Gasteiger partial charge in [0.05, 0.1) is 0 Å². The van der Waals surface area contributed by atoms with Crippen LogP contribution in [0, 0.1) is 0 Å². The van der Waals surface area contributed by atoms with Crippen LogP contribution in [-0.2, 0) is 7.05 Å². The van der Waals surface area contributed by atoms with E-state index in [-0.39, 0.29) is 0 Å². The van der Waals surface area contributed by atoms with Gasteiger partial charge in [-0.25, -0.2) is 4.98 Å². The van der Waals surface area contributed by atoms with E-state index in [0.29, 0.717) is 16.8 Å². The van der Waals surface area contributed by atoms with Crippen LogP contribution in [0.1, 0.15) is 25.6 Å². The predicted molar refractivity (Wildman–Crippen MR) is 79.9 cm³/mol. The first-order valence-corrected chi connectivity index (χ1v) is 6.86. The first kappa shape index (κ1) is 13.4. The highest BCUT2D eigenvalue weighted by Gasteiger charge is 2.17. The van der Waals surface area contributed by atoms with Gasteiger partial charge < -0.3 is 10.3 Å². The fraction of sp³-hybridized carbons (Fsp3) is 0.308. The molecule has 0 aliphatic heterocycles. The van der Waals surface area contributed by atoms with Crippen LogP contribution in [0.4, 0.5) is 5.82 Å². The van der Waals surface area contributed by atoms with Gasteiger partial charge in [-0.2, -0.15) is 0 Å². The van der Waals surface area contributed by atoms with Crippen molar-refractivity contribution in [1.29, 1.82) is 0 Å². The fourth-order valence-corrected chi connectivity index (χ4v) is 2.80. The Labute approximate surface area is 120 Å². The molecule has 0 saturated heterocycles. The Morgan fingerprint density at radius 3 is 2.56 bits per heavy atom. The molecule has 0 aliphatic rings. The zero-order chi connectivity index (χ0) is 13.4. The van der Waals surface area contributed by atoms with E-state index in [4.69, 9.17) is 17.3 Å². The summed E-state index contributed by atoms with van der Waals surface area (Å²) in [5.41, 5.74) is 7.88. The number of nitrogens with two attached hydrogens (primary N) is 1. The van der Waals surface area contributed by atoms with Crippen LogP contribution in [0.25, 0.3) is 11.3 Å². The van der Waals surface area contributed by atoms with Crippen LogP contribution < -0.4 is 5.73 Å². The maximum Gasteiger partial charge on any atom is 0.131 e. The van der Waals surface area contributed by atoms with Crippen molar-refractivity contribution in [2.24, 2.45) is 7.05 Å². The van der Waals surface area contributed by atoms with Gasteiger partial charge in [-0.1, -0.05) is 47.4 Å². The molecule has 0 spiro atoms. The number of aromatic nitrogens is 2. The highest BCUT2D eigenvalue weighted by molar-refractivity contribution is 9.10. The van der Waals surface area contributed by atoms with Crippen LogP contribution in [-0.4, -0.2) is 9.55 Å². The number of imidazole rings is 1. The minimum atomic E-state index is 0.331. The quantitative estimate of drug-likeness (QED) is 0.897. The molecule has 0 radical (unpaired) electrons. The molecule has 0 bridgehead atoms. The van der Waals surface area contributed by atoms with Gasteiger partial charge in [0.2, 0.25) is 0 Å². The molecule has 1 heterocycles. The molecule has 96 valence electrons. The summed E-state index contributed by atoms with van der Waals surface area (Å²) in [6.45, 7) is 4.20. The first-order chi connectivity index (χ1) is 8.41. The summed E-state index contributed by atoms with van der Waals surface area (Å²) in [5.74, 6) is 1.98. The second-order valence-corrected chi connectivity index (χ2v) is 5.83. The van der Waals surface area contributed by atoms with Gasteiger partial charge in [0.15, 0.2) is 0 Å². The normalized spacial score (nSPS) is 11.2. The number of rotatable bonds is 2. The number of halogens is 2. The summed E-state index contributed by atoms with van der Waals surface area (Å²) in [6.07, 6.45) is 0. The SMILES string of the molecule is CC(C)c1nc(-c2ccc(Cl)cc2Br)c(N)n1C. The van der Waals surface area contributed by atoms with Crippen molar-refractivity contribution < 1.29 is 0 Å². The Morgan fingerprint density at radius 1 is 1.39 bits per heavy atom. The Morgan fingerprint density at radius 2 is 2.06 bits per heavy atom. The Kier molecular flexibility index (Phi) is 3.69. The van der Waals surface area contributed by atoms with E-state index in [1.54, 1.807) is 0 Å². The molecule has 3 nitrogen and oxygen atoms in total. The molecular formula is C13H15BrClN3. The van der Waals surface area contributed by atoms with Crippen LogP contribution in [0.3, 0.4) is 0 Å². The molecule has 0 unspecified atom stereocenters. The monoisotopic (exact) mass is 327 g/mol. The number of hydrogen-bond acceptors (Lipinski definition) is 2. The summed E-state index contributed by atoms with van der Waals surface area (Å²) in [5, 5.41) is 0.684. The lowest BCUT2D eigenvalue weighted by Gasteiger charge is -2.05. The molecule has 0 aliphatic carbocycles. The molecule has 2 aromatic rings. The Balaban J connectivity index is 2.61. The maximum absolute atomic E-state index is 6.13. The van der Waals surface area contributed by atoms with E-state index in [2.05, 4.69) is 34.8 Å². The molecule has 0 atom stereocenters. The Bertz CT molecular complexity index is 590. The molecule has 1 aromatic carbocycles. The van der Waals surface area contributed by atoms with Gasteiger partial charge in [-0.3, -0.25) is 0 Å². The third-order valence-corrected chi connectivity index (χ3v) is 3.77. The number of anilines is 1. The molecule has 1 aromatic heterocycles. The predicted octanol–water partition coefficient (Wildman–Crippen LogP) is 4.21. The average molecular weight is 329 g/mol. The van der Waals surface area contributed by atoms with Gasteiger partial charge in [0, 0.05) is 28.0 Å². The summed E-state index contributed by atoms with van der Waals surface area (Å²) in [7, 11) is 1.94. The van der Waals surface area contributed by atoms with Crippen molar-refractivity contribution in [3.8, 4) is 11.3 Å². The van der Waals surface area contributed by atoms with E-state index in [1.165, 1.54) is 0 Å². The second-order valence-electron chi connectivity index (χ2n) is 4.54. The third-order valence-electron chi connectivity index (χ3n) is 2.88. The van der Waals surface area contributed by atoms with E-state index in [1.807, 2.05) is 29.8 Å². The van der Waals surface area contributed by atoms with Crippen molar-refractivity contribution >= 4 is 33.3 Å². The average Bonchev–Trinajstić information content (AvgIpc) is 2.57. The molecule has 0 amide bonds. The lowest BCUT2D eigenvalue weighted by atomic mass is 10.1. The van der Waals surface area contributed by atoms with Crippen LogP contribution in [0.2, 0.25) is 5.02 Å². The lowest BCUT2D eigenvalue weighted by molar-refractivity contribution is 0.715. The highest BCUT2D eigenvalue weighted by Crippen LogP contribution is 2.34. The van der Waals surface area contributed by atoms with Crippen molar-refractivity contribution in [1.82, 2.24) is 9.55 Å². The first-order valence-electron chi connectivity index (χ1n) is 5.69. The zero-order valence-electron chi connectivity index (χ0n) is 10.5. The van der Waals surface area contributed by atoms with Gasteiger partial charge in [0.25, 0.3) is 0 Å². The van der Waals surface area contributed by atoms with Gasteiger partial charge in [0.1, 0.15) is 17.3 Å². The standard InChI is InChI=1S/C13H15BrClN3/c1-7(2)13-17-11(12(16)18(13)3)9-5-4-8(15)6-10(9)14/h4-7H,16H2,1-3H3. The molecule has 0 saturated carbocycles. The third kappa shape index (κ3) is 2.27. The van der Waals surface area contributed by atoms with E-state index in [9.17, 15) is 0 Å². The number of benzene rings is 1. The van der Waals surface area contributed by atoms with Gasteiger partial charge in [-0.15, -0.1) is 0 Å². The minimum Gasteiger partial charge on any atom is -0.383 e. The number of nitrogens with zero attached hydrogens (tertiary/aromatic N) is 2. The zero-order valence-corrected chi connectivity index (χ0v) is 12.9. The van der Waals surface area contributed by atoms with E-state index < -0.39 is 0 Å². The largest absolute Gasteiger partial charge is 0.383 e. The van der Waals surface area contributed by atoms with E-state index in [0.717, 1.165) is 21.6 Å². The van der Waals surface area contributed by atoms with E-state index >= 15 is 0 Å². The molecular weight excluding hydrogens is 314 g/mol. The van der Waals surface area contributed by atoms with Crippen LogP contribution in [0.15, 0.2) is 22.7 Å². The molecule has 2 N–H and O–H groups in total. The fourth-order valence-electron chi connectivity index (χ4n) is 1.93. The van der Waals surface area contributed by atoms with Crippen molar-refractivity contribution in [3.63, 3.8) is 0 Å². The molecule has 0 fully saturated rings. The molecule has 5 heteroatoms. The second kappa shape index (κ2) is 4.94. The van der Waals surface area contributed by atoms with Crippen LogP contribution >= 0.6 is 27.5 Å². The number of hydrogen-bond donors (Lipinski definition) is 1. The van der Waals surface area contributed by atoms with Gasteiger partial charge in [-0.05, 0) is 12.1 Å². The molecule has 18 heavy (non-hydrogen) atoms. The minimum absolute atomic E-state index is 0.331. The summed E-state index contributed by atoms with van der Waals surface area (Å²) >= 11 is 9.44. The van der Waals surface area contributed by atoms with Crippen molar-refractivity contribution in [2.45, 2.75) is 19.8 Å². The summed E-state index contributed by atoms with van der Waals surface area (Å²) in [4.78, 5) is 4.63. The number of nitrogen functional groups attached to an aromatic ring is 1. The summed E-state index contributed by atoms with van der Waals surface area (Å²) < 4.78 is 2.83. The highest BCUT2D eigenvalue weighted by atomic mass is 79.9. The van der Waals surface area contributed by atoms with Gasteiger partial charge >= 0.3 is 0 Å². The summed E-state index contributed by atoms with van der Waals surface area (Å²) in [6, 6.07) is 5.61. The lowest BCUT2D eigenvalue weighted by Crippen LogP contribution is -2.02. The van der Waals surface area contributed by atoms with Crippen LogP contribution in [0.5, 0.6) is 0 Å².